The van der Waals surface area contributed by atoms with Gasteiger partial charge in [0.25, 0.3) is 0 Å². The van der Waals surface area contributed by atoms with E-state index < -0.39 is 5.60 Å². The van der Waals surface area contributed by atoms with Crippen molar-refractivity contribution in [1.82, 2.24) is 0 Å². The Balaban J connectivity index is 2.23. The first-order valence-electron chi connectivity index (χ1n) is 6.49. The van der Waals surface area contributed by atoms with Gasteiger partial charge in [-0.25, -0.2) is 0 Å². The topological polar surface area (TPSA) is 29.5 Å². The molecule has 2 aromatic carbocycles. The fourth-order valence-electron chi connectivity index (χ4n) is 2.56. The molecule has 0 amide bonds. The average Bonchev–Trinajstić information content (AvgIpc) is 2.96. The van der Waals surface area contributed by atoms with Gasteiger partial charge < -0.3 is 9.84 Å². The van der Waals surface area contributed by atoms with Gasteiger partial charge in [-0.3, -0.25) is 0 Å². The highest BCUT2D eigenvalue weighted by Gasteiger charge is 2.33. The van der Waals surface area contributed by atoms with Crippen molar-refractivity contribution in [3.05, 3.63) is 71.1 Å². The molecule has 1 atom stereocenters. The molecule has 1 aromatic heterocycles. The van der Waals surface area contributed by atoms with Gasteiger partial charge in [0.1, 0.15) is 5.60 Å². The van der Waals surface area contributed by atoms with Crippen molar-refractivity contribution < 1.29 is 9.84 Å². The van der Waals surface area contributed by atoms with Gasteiger partial charge in [-0.1, -0.05) is 48.5 Å². The summed E-state index contributed by atoms with van der Waals surface area (Å²) in [5.41, 5.74) is 0.626. The molecule has 20 heavy (non-hydrogen) atoms. The fraction of sp³-hybridized carbons (Fsp3) is 0.176. The Morgan fingerprint density at radius 2 is 1.85 bits per heavy atom. The van der Waals surface area contributed by atoms with Crippen molar-refractivity contribution in [2.75, 3.05) is 13.7 Å². The summed E-state index contributed by atoms with van der Waals surface area (Å²) in [6.45, 7) is 0.230. The van der Waals surface area contributed by atoms with Crippen LogP contribution in [0, 0.1) is 0 Å². The normalized spacial score (nSPS) is 14.3. The molecule has 102 valence electrons. The number of benzene rings is 2. The molecule has 0 radical (unpaired) electrons. The van der Waals surface area contributed by atoms with E-state index in [0.29, 0.717) is 0 Å². The van der Waals surface area contributed by atoms with Crippen molar-refractivity contribution in [3.63, 3.8) is 0 Å². The van der Waals surface area contributed by atoms with E-state index >= 15 is 0 Å². The Labute approximate surface area is 122 Å². The van der Waals surface area contributed by atoms with Gasteiger partial charge in [0.05, 0.1) is 6.61 Å². The molecule has 1 N–H and O–H groups in total. The molecule has 1 unspecified atom stereocenters. The van der Waals surface area contributed by atoms with Crippen molar-refractivity contribution in [3.8, 4) is 0 Å². The highest BCUT2D eigenvalue weighted by atomic mass is 32.1. The first-order valence-corrected chi connectivity index (χ1v) is 7.37. The number of fused-ring (bicyclic) bond motifs is 1. The van der Waals surface area contributed by atoms with Gasteiger partial charge in [-0.15, -0.1) is 11.3 Å². The van der Waals surface area contributed by atoms with Crippen LogP contribution in [0.25, 0.3) is 10.1 Å². The van der Waals surface area contributed by atoms with Crippen LogP contribution in [-0.4, -0.2) is 18.8 Å². The molecule has 3 heteroatoms. The highest BCUT2D eigenvalue weighted by Crippen LogP contribution is 2.37. The third kappa shape index (κ3) is 2.14. The van der Waals surface area contributed by atoms with E-state index in [4.69, 9.17) is 4.74 Å². The number of hydrogen-bond acceptors (Lipinski definition) is 3. The second-order valence-electron chi connectivity index (χ2n) is 4.80. The summed E-state index contributed by atoms with van der Waals surface area (Å²) >= 11 is 1.65. The summed E-state index contributed by atoms with van der Waals surface area (Å²) in [6, 6.07) is 17.8. The summed E-state index contributed by atoms with van der Waals surface area (Å²) in [5.74, 6) is 0. The lowest BCUT2D eigenvalue weighted by molar-refractivity contribution is -0.00210. The standard InChI is InChI=1S/C17H16O2S/c1-19-12-17(18,14-7-3-2-4-8-14)15-9-5-6-13-10-11-20-16(13)15/h2-11,18H,12H2,1H3. The first kappa shape index (κ1) is 13.3. The van der Waals surface area contributed by atoms with Gasteiger partial charge >= 0.3 is 0 Å². The molecule has 0 bridgehead atoms. The minimum Gasteiger partial charge on any atom is -0.381 e. The largest absolute Gasteiger partial charge is 0.381 e. The summed E-state index contributed by atoms with van der Waals surface area (Å²) in [6.07, 6.45) is 0. The first-order chi connectivity index (χ1) is 9.75. The van der Waals surface area contributed by atoms with Crippen LogP contribution < -0.4 is 0 Å². The monoisotopic (exact) mass is 284 g/mol. The van der Waals surface area contributed by atoms with Crippen LogP contribution in [0.5, 0.6) is 0 Å². The maximum Gasteiger partial charge on any atom is 0.139 e. The average molecular weight is 284 g/mol. The number of thiophene rings is 1. The van der Waals surface area contributed by atoms with Crippen LogP contribution in [0.4, 0.5) is 0 Å². The number of rotatable bonds is 4. The van der Waals surface area contributed by atoms with E-state index in [2.05, 4.69) is 12.1 Å². The fourth-order valence-corrected chi connectivity index (χ4v) is 3.54. The lowest BCUT2D eigenvalue weighted by Crippen LogP contribution is -2.32. The second-order valence-corrected chi connectivity index (χ2v) is 5.72. The van der Waals surface area contributed by atoms with Gasteiger partial charge in [0, 0.05) is 17.4 Å². The van der Waals surface area contributed by atoms with E-state index in [-0.39, 0.29) is 6.61 Å². The molecule has 1 heterocycles. The molecule has 2 nitrogen and oxygen atoms in total. The predicted molar refractivity (Wildman–Crippen MR) is 83.1 cm³/mol. The Morgan fingerprint density at radius 1 is 1.05 bits per heavy atom. The minimum absolute atomic E-state index is 0.230. The maximum atomic E-state index is 11.3. The number of hydrogen-bond donors (Lipinski definition) is 1. The highest BCUT2D eigenvalue weighted by molar-refractivity contribution is 7.17. The summed E-state index contributed by atoms with van der Waals surface area (Å²) in [7, 11) is 1.61. The summed E-state index contributed by atoms with van der Waals surface area (Å²) < 4.78 is 6.40. The number of methoxy groups -OCH3 is 1. The smallest absolute Gasteiger partial charge is 0.139 e. The van der Waals surface area contributed by atoms with Gasteiger partial charge in [0.15, 0.2) is 0 Å². The number of ether oxygens (including phenoxy) is 1. The summed E-state index contributed by atoms with van der Waals surface area (Å²) in [4.78, 5) is 0. The SMILES string of the molecule is COCC(O)(c1ccccc1)c1cccc2ccsc12. The Morgan fingerprint density at radius 3 is 2.60 bits per heavy atom. The van der Waals surface area contributed by atoms with Gasteiger partial charge in [0.2, 0.25) is 0 Å². The number of aliphatic hydroxyl groups is 1. The Hall–Kier alpha value is -1.68. The maximum absolute atomic E-state index is 11.3. The third-order valence-electron chi connectivity index (χ3n) is 3.53. The van der Waals surface area contributed by atoms with Gasteiger partial charge in [-0.2, -0.15) is 0 Å². The molecule has 0 aliphatic rings. The predicted octanol–water partition coefficient (Wildman–Crippen LogP) is 3.78. The molecule has 0 fully saturated rings. The van der Waals surface area contributed by atoms with Crippen LogP contribution >= 0.6 is 11.3 Å². The van der Waals surface area contributed by atoms with Crippen LogP contribution in [0.15, 0.2) is 60.0 Å². The van der Waals surface area contributed by atoms with E-state index in [1.54, 1.807) is 18.4 Å². The van der Waals surface area contributed by atoms with E-state index in [1.807, 2.05) is 47.8 Å². The Kier molecular flexibility index (Phi) is 3.57. The molecular formula is C17H16O2S. The lowest BCUT2D eigenvalue weighted by atomic mass is 9.86. The van der Waals surface area contributed by atoms with E-state index in [1.165, 1.54) is 0 Å². The molecule has 3 rings (SSSR count). The van der Waals surface area contributed by atoms with Crippen molar-refractivity contribution >= 4 is 21.4 Å². The van der Waals surface area contributed by atoms with E-state index in [9.17, 15) is 5.11 Å². The molecular weight excluding hydrogens is 268 g/mol. The zero-order valence-corrected chi connectivity index (χ0v) is 12.1. The van der Waals surface area contributed by atoms with Gasteiger partial charge in [-0.05, 0) is 22.4 Å². The molecule has 0 aliphatic heterocycles. The molecule has 3 aromatic rings. The van der Waals surface area contributed by atoms with Crippen molar-refractivity contribution in [2.24, 2.45) is 0 Å². The van der Waals surface area contributed by atoms with Crippen LogP contribution in [0.2, 0.25) is 0 Å². The van der Waals surface area contributed by atoms with Crippen molar-refractivity contribution in [1.29, 1.82) is 0 Å². The quantitative estimate of drug-likeness (QED) is 0.790. The van der Waals surface area contributed by atoms with Crippen LogP contribution in [-0.2, 0) is 10.3 Å². The van der Waals surface area contributed by atoms with E-state index in [0.717, 1.165) is 21.2 Å². The van der Waals surface area contributed by atoms with Crippen molar-refractivity contribution in [2.45, 2.75) is 5.60 Å². The molecule has 0 saturated carbocycles. The third-order valence-corrected chi connectivity index (χ3v) is 4.49. The summed E-state index contributed by atoms with van der Waals surface area (Å²) in [5, 5.41) is 14.5. The minimum atomic E-state index is -1.12. The Bertz CT molecular complexity index is 705. The molecule has 0 spiro atoms. The zero-order chi connectivity index (χ0) is 14.0. The lowest BCUT2D eigenvalue weighted by Gasteiger charge is -2.29. The van der Waals surface area contributed by atoms with Crippen LogP contribution in [0.3, 0.4) is 0 Å². The zero-order valence-electron chi connectivity index (χ0n) is 11.2. The molecule has 0 aliphatic carbocycles. The molecule has 0 saturated heterocycles. The second kappa shape index (κ2) is 5.37. The van der Waals surface area contributed by atoms with Crippen LogP contribution in [0.1, 0.15) is 11.1 Å².